The third kappa shape index (κ3) is 2.30. The van der Waals surface area contributed by atoms with Crippen LogP contribution in [0, 0.1) is 0 Å². The largest absolute Gasteiger partial charge is 0.384 e. The number of carbonyl (C=O) groups excluding carboxylic acids is 1. The van der Waals surface area contributed by atoms with Gasteiger partial charge in [-0.15, -0.1) is 0 Å². The summed E-state index contributed by atoms with van der Waals surface area (Å²) in [6.45, 7) is 0. The Bertz CT molecular complexity index is 500. The quantitative estimate of drug-likeness (QED) is 0.769. The highest BCUT2D eigenvalue weighted by Gasteiger charge is 2.08. The van der Waals surface area contributed by atoms with E-state index in [9.17, 15) is 4.79 Å². The summed E-state index contributed by atoms with van der Waals surface area (Å²) < 4.78 is 0. The first-order valence-electron chi connectivity index (χ1n) is 4.56. The lowest BCUT2D eigenvalue weighted by atomic mass is 10.3. The zero-order valence-corrected chi connectivity index (χ0v) is 8.29. The number of carbonyl (C=O) groups is 1. The molecule has 0 aliphatic heterocycles. The zero-order chi connectivity index (χ0) is 11.4. The molecule has 0 spiro atoms. The van der Waals surface area contributed by atoms with Crippen LogP contribution in [0.5, 0.6) is 0 Å². The van der Waals surface area contributed by atoms with Gasteiger partial charge >= 0.3 is 0 Å². The molecule has 3 N–H and O–H groups in total. The minimum Gasteiger partial charge on any atom is -0.384 e. The Balaban J connectivity index is 2.15. The molecule has 6 heteroatoms. The monoisotopic (exact) mass is 215 g/mol. The fraction of sp³-hybridized carbons (Fsp3) is 0. The number of nitrogen functional groups attached to an aromatic ring is 1. The Morgan fingerprint density at radius 1 is 1.19 bits per heavy atom. The highest BCUT2D eigenvalue weighted by molar-refractivity contribution is 6.01. The first kappa shape index (κ1) is 10.0. The number of nitrogens with one attached hydrogen (secondary N) is 1. The van der Waals surface area contributed by atoms with Crippen LogP contribution in [0.1, 0.15) is 10.5 Å². The van der Waals surface area contributed by atoms with E-state index in [1.165, 1.54) is 12.4 Å². The molecule has 2 aromatic rings. The second-order valence-corrected chi connectivity index (χ2v) is 2.97. The average molecular weight is 215 g/mol. The molecule has 80 valence electrons. The minimum absolute atomic E-state index is 0.229. The summed E-state index contributed by atoms with van der Waals surface area (Å²) in [5.41, 5.74) is 5.70. The SMILES string of the molecule is Nc1cccc(C(=O)Nc2ncccn2)n1. The topological polar surface area (TPSA) is 93.8 Å². The van der Waals surface area contributed by atoms with Crippen LogP contribution in [0.4, 0.5) is 11.8 Å². The van der Waals surface area contributed by atoms with Gasteiger partial charge in [-0.3, -0.25) is 10.1 Å². The molecule has 0 atom stereocenters. The van der Waals surface area contributed by atoms with Crippen LogP contribution in [0.2, 0.25) is 0 Å². The van der Waals surface area contributed by atoms with Crippen LogP contribution < -0.4 is 11.1 Å². The number of nitrogens with zero attached hydrogens (tertiary/aromatic N) is 3. The molecule has 0 saturated carbocycles. The van der Waals surface area contributed by atoms with Gasteiger partial charge in [0, 0.05) is 12.4 Å². The van der Waals surface area contributed by atoms with Crippen molar-refractivity contribution >= 4 is 17.7 Å². The van der Waals surface area contributed by atoms with Crippen molar-refractivity contribution in [1.29, 1.82) is 0 Å². The van der Waals surface area contributed by atoms with Crippen LogP contribution in [-0.4, -0.2) is 20.9 Å². The molecule has 0 unspecified atom stereocenters. The highest BCUT2D eigenvalue weighted by atomic mass is 16.2. The predicted octanol–water partition coefficient (Wildman–Crippen LogP) is 0.706. The Hall–Kier alpha value is -2.50. The number of rotatable bonds is 2. The molecule has 0 radical (unpaired) electrons. The van der Waals surface area contributed by atoms with Gasteiger partial charge < -0.3 is 5.73 Å². The van der Waals surface area contributed by atoms with E-state index in [0.29, 0.717) is 5.82 Å². The van der Waals surface area contributed by atoms with Crippen molar-refractivity contribution in [2.24, 2.45) is 0 Å². The smallest absolute Gasteiger partial charge is 0.276 e. The summed E-state index contributed by atoms with van der Waals surface area (Å²) in [5, 5.41) is 2.51. The van der Waals surface area contributed by atoms with Crippen molar-refractivity contribution in [1.82, 2.24) is 15.0 Å². The molecule has 0 saturated heterocycles. The van der Waals surface area contributed by atoms with Gasteiger partial charge in [0.2, 0.25) is 5.95 Å². The molecule has 6 nitrogen and oxygen atoms in total. The number of amides is 1. The van der Waals surface area contributed by atoms with E-state index in [0.717, 1.165) is 0 Å². The lowest BCUT2D eigenvalue weighted by Crippen LogP contribution is -2.15. The predicted molar refractivity (Wildman–Crippen MR) is 58.6 cm³/mol. The van der Waals surface area contributed by atoms with Gasteiger partial charge in [0.25, 0.3) is 5.91 Å². The molecule has 1 amide bonds. The Kier molecular flexibility index (Phi) is 2.73. The van der Waals surface area contributed by atoms with E-state index in [1.54, 1.807) is 24.3 Å². The van der Waals surface area contributed by atoms with Gasteiger partial charge in [-0.05, 0) is 18.2 Å². The van der Waals surface area contributed by atoms with E-state index < -0.39 is 5.91 Å². The molecule has 0 bridgehead atoms. The van der Waals surface area contributed by atoms with Crippen LogP contribution in [-0.2, 0) is 0 Å². The summed E-state index contributed by atoms with van der Waals surface area (Å²) in [7, 11) is 0. The maximum absolute atomic E-state index is 11.7. The second kappa shape index (κ2) is 4.35. The van der Waals surface area contributed by atoms with Crippen LogP contribution in [0.3, 0.4) is 0 Å². The number of nitrogens with two attached hydrogens (primary N) is 1. The zero-order valence-electron chi connectivity index (χ0n) is 8.29. The van der Waals surface area contributed by atoms with E-state index in [-0.39, 0.29) is 11.6 Å². The standard InChI is InChI=1S/C10H9N5O/c11-8-4-1-3-7(14-8)9(16)15-10-12-5-2-6-13-10/h1-6H,(H2,11,14)(H,12,13,15,16). The normalized spacial score (nSPS) is 9.75. The van der Waals surface area contributed by atoms with Gasteiger partial charge in [-0.1, -0.05) is 6.07 Å². The molecular formula is C10H9N5O. The molecule has 2 aromatic heterocycles. The maximum atomic E-state index is 11.7. The van der Waals surface area contributed by atoms with Gasteiger partial charge in [-0.2, -0.15) is 0 Å². The summed E-state index contributed by atoms with van der Waals surface area (Å²) >= 11 is 0. The Labute approximate surface area is 91.6 Å². The molecule has 2 heterocycles. The number of pyridine rings is 1. The Morgan fingerprint density at radius 2 is 1.94 bits per heavy atom. The average Bonchev–Trinajstić information content (AvgIpc) is 2.30. The summed E-state index contributed by atoms with van der Waals surface area (Å²) in [5.74, 6) is 0.136. The third-order valence-electron chi connectivity index (χ3n) is 1.79. The second-order valence-electron chi connectivity index (χ2n) is 2.97. The number of hydrogen-bond acceptors (Lipinski definition) is 5. The van der Waals surface area contributed by atoms with E-state index in [2.05, 4.69) is 20.3 Å². The maximum Gasteiger partial charge on any atom is 0.276 e. The first-order valence-corrected chi connectivity index (χ1v) is 4.56. The third-order valence-corrected chi connectivity index (χ3v) is 1.79. The summed E-state index contributed by atoms with van der Waals surface area (Å²) in [4.78, 5) is 23.3. The lowest BCUT2D eigenvalue weighted by Gasteiger charge is -2.02. The van der Waals surface area contributed by atoms with E-state index >= 15 is 0 Å². The van der Waals surface area contributed by atoms with Gasteiger partial charge in [-0.25, -0.2) is 15.0 Å². The van der Waals surface area contributed by atoms with E-state index in [4.69, 9.17) is 5.73 Å². The van der Waals surface area contributed by atoms with Crippen molar-refractivity contribution in [2.45, 2.75) is 0 Å². The molecule has 0 aromatic carbocycles. The van der Waals surface area contributed by atoms with Gasteiger partial charge in [0.05, 0.1) is 0 Å². The fourth-order valence-electron chi connectivity index (χ4n) is 1.11. The van der Waals surface area contributed by atoms with Crippen molar-refractivity contribution in [3.8, 4) is 0 Å². The number of hydrogen-bond donors (Lipinski definition) is 2. The lowest BCUT2D eigenvalue weighted by molar-refractivity contribution is 0.102. The number of aromatic nitrogens is 3. The Morgan fingerprint density at radius 3 is 2.62 bits per heavy atom. The van der Waals surface area contributed by atoms with Gasteiger partial charge in [0.15, 0.2) is 0 Å². The highest BCUT2D eigenvalue weighted by Crippen LogP contribution is 2.03. The van der Waals surface area contributed by atoms with Crippen LogP contribution >= 0.6 is 0 Å². The van der Waals surface area contributed by atoms with Crippen LogP contribution in [0.15, 0.2) is 36.7 Å². The molecule has 0 fully saturated rings. The van der Waals surface area contributed by atoms with Crippen molar-refractivity contribution in [3.63, 3.8) is 0 Å². The molecule has 0 aliphatic rings. The van der Waals surface area contributed by atoms with Crippen molar-refractivity contribution in [2.75, 3.05) is 11.1 Å². The number of anilines is 2. The minimum atomic E-state index is -0.390. The molecule has 0 aliphatic carbocycles. The molecule has 16 heavy (non-hydrogen) atoms. The van der Waals surface area contributed by atoms with Crippen LogP contribution in [0.25, 0.3) is 0 Å². The van der Waals surface area contributed by atoms with Crippen molar-refractivity contribution in [3.05, 3.63) is 42.4 Å². The summed E-state index contributed by atoms with van der Waals surface area (Å²) in [6, 6.07) is 6.49. The summed E-state index contributed by atoms with van der Waals surface area (Å²) in [6.07, 6.45) is 3.07. The van der Waals surface area contributed by atoms with E-state index in [1.807, 2.05) is 0 Å². The molecular weight excluding hydrogens is 206 g/mol. The van der Waals surface area contributed by atoms with Crippen molar-refractivity contribution < 1.29 is 4.79 Å². The van der Waals surface area contributed by atoms with Gasteiger partial charge in [0.1, 0.15) is 11.5 Å². The molecule has 2 rings (SSSR count). The first-order chi connectivity index (χ1) is 7.75. The fourth-order valence-corrected chi connectivity index (χ4v) is 1.11.